The molecule has 2 aromatic heterocycles. The van der Waals surface area contributed by atoms with Crippen LogP contribution in [0.25, 0.3) is 32.7 Å². The van der Waals surface area contributed by atoms with Gasteiger partial charge >= 0.3 is 0 Å². The minimum Gasteiger partial charge on any atom is -0.354 e. The van der Waals surface area contributed by atoms with Gasteiger partial charge in [-0.2, -0.15) is 0 Å². The summed E-state index contributed by atoms with van der Waals surface area (Å²) >= 11 is 0. The van der Waals surface area contributed by atoms with Crippen LogP contribution in [0.2, 0.25) is 0 Å². The van der Waals surface area contributed by atoms with Crippen molar-refractivity contribution in [1.29, 1.82) is 0 Å². The zero-order valence-electron chi connectivity index (χ0n) is 20.1. The van der Waals surface area contributed by atoms with Crippen LogP contribution in [0.1, 0.15) is 0 Å². The zero-order chi connectivity index (χ0) is 24.7. The first-order chi connectivity index (χ1) is 18.3. The van der Waals surface area contributed by atoms with Gasteiger partial charge in [-0.15, -0.1) is 0 Å². The Kier molecular flexibility index (Phi) is 5.23. The molecule has 0 fully saturated rings. The summed E-state index contributed by atoms with van der Waals surface area (Å²) in [5.74, 6) is 0.774. The Bertz CT molecular complexity index is 1820. The molecule has 5 aromatic carbocycles. The van der Waals surface area contributed by atoms with E-state index in [1.807, 2.05) is 6.07 Å². The molecular weight excluding hydrogens is 469 g/mol. The Hall–Kier alpha value is -4.46. The molecule has 7 aromatic rings. The number of rotatable bonds is 4. The van der Waals surface area contributed by atoms with Crippen molar-refractivity contribution in [2.45, 2.75) is 0 Å². The van der Waals surface area contributed by atoms with Gasteiger partial charge in [0.2, 0.25) is 0 Å². The highest BCUT2D eigenvalue weighted by Crippen LogP contribution is 2.51. The number of para-hydroxylation sites is 2. The van der Waals surface area contributed by atoms with Gasteiger partial charge in [-0.1, -0.05) is 127 Å². The van der Waals surface area contributed by atoms with Crippen LogP contribution in [-0.4, -0.2) is 9.97 Å². The lowest BCUT2D eigenvalue weighted by molar-refractivity contribution is 1.38. The van der Waals surface area contributed by atoms with Crippen molar-refractivity contribution in [1.82, 2.24) is 9.97 Å². The first-order valence-corrected chi connectivity index (χ1v) is 14.2. The van der Waals surface area contributed by atoms with Crippen LogP contribution in [0.15, 0.2) is 144 Å². The summed E-state index contributed by atoms with van der Waals surface area (Å²) in [6, 6.07) is 48.9. The SMILES string of the molecule is c1ccc(P(=Nc2nc3ccccc3c3[nH]c4ccccc4c23)(c2ccccc2)c2ccccc2)cc1. The molecule has 0 amide bonds. The van der Waals surface area contributed by atoms with Crippen molar-refractivity contribution < 1.29 is 0 Å². The van der Waals surface area contributed by atoms with Gasteiger partial charge < -0.3 is 4.98 Å². The van der Waals surface area contributed by atoms with E-state index in [2.05, 4.69) is 138 Å². The molecular formula is C33H24N3P. The smallest absolute Gasteiger partial charge is 0.162 e. The predicted molar refractivity (Wildman–Crippen MR) is 158 cm³/mol. The maximum absolute atomic E-state index is 5.78. The molecule has 0 bridgehead atoms. The van der Waals surface area contributed by atoms with Gasteiger partial charge in [0.25, 0.3) is 0 Å². The third kappa shape index (κ3) is 3.51. The fraction of sp³-hybridized carbons (Fsp3) is 0. The average molecular weight is 494 g/mol. The van der Waals surface area contributed by atoms with E-state index < -0.39 is 7.05 Å². The molecule has 176 valence electrons. The molecule has 0 spiro atoms. The number of benzene rings is 5. The van der Waals surface area contributed by atoms with E-state index >= 15 is 0 Å². The summed E-state index contributed by atoms with van der Waals surface area (Å²) in [7, 11) is -2.46. The minimum absolute atomic E-state index is 0.774. The minimum atomic E-state index is -2.46. The molecule has 0 radical (unpaired) electrons. The van der Waals surface area contributed by atoms with Crippen molar-refractivity contribution in [2.75, 3.05) is 0 Å². The van der Waals surface area contributed by atoms with Crippen LogP contribution in [0, 0.1) is 0 Å². The monoisotopic (exact) mass is 493 g/mol. The van der Waals surface area contributed by atoms with Gasteiger partial charge in [0.05, 0.1) is 23.5 Å². The highest BCUT2D eigenvalue weighted by Gasteiger charge is 2.28. The van der Waals surface area contributed by atoms with Crippen LogP contribution in [-0.2, 0) is 0 Å². The molecule has 0 atom stereocenters. The van der Waals surface area contributed by atoms with E-state index in [1.165, 1.54) is 15.9 Å². The van der Waals surface area contributed by atoms with Gasteiger partial charge in [0.15, 0.2) is 5.82 Å². The lowest BCUT2D eigenvalue weighted by atomic mass is 10.1. The summed E-state index contributed by atoms with van der Waals surface area (Å²) in [4.78, 5) is 8.91. The molecule has 0 aliphatic heterocycles. The second-order valence-corrected chi connectivity index (χ2v) is 12.1. The lowest BCUT2D eigenvalue weighted by Gasteiger charge is -2.27. The number of aromatic amines is 1. The number of aromatic nitrogens is 2. The Morgan fingerprint density at radius 2 is 1.00 bits per heavy atom. The lowest BCUT2D eigenvalue weighted by Crippen LogP contribution is -2.25. The molecule has 0 aliphatic carbocycles. The summed E-state index contributed by atoms with van der Waals surface area (Å²) in [6.45, 7) is 0. The summed E-state index contributed by atoms with van der Waals surface area (Å²) in [6.07, 6.45) is 0. The van der Waals surface area contributed by atoms with E-state index in [-0.39, 0.29) is 0 Å². The van der Waals surface area contributed by atoms with Crippen LogP contribution in [0.5, 0.6) is 0 Å². The molecule has 37 heavy (non-hydrogen) atoms. The summed E-state index contributed by atoms with van der Waals surface area (Å²) in [5, 5.41) is 6.93. The van der Waals surface area contributed by atoms with E-state index in [4.69, 9.17) is 9.73 Å². The first-order valence-electron chi connectivity index (χ1n) is 12.4. The third-order valence-corrected chi connectivity index (χ3v) is 10.6. The van der Waals surface area contributed by atoms with Crippen LogP contribution < -0.4 is 15.9 Å². The molecule has 0 aliphatic rings. The van der Waals surface area contributed by atoms with Crippen molar-refractivity contribution >= 4 is 61.5 Å². The summed E-state index contributed by atoms with van der Waals surface area (Å²) < 4.78 is 5.78. The Morgan fingerprint density at radius 3 is 1.59 bits per heavy atom. The van der Waals surface area contributed by atoms with E-state index in [9.17, 15) is 0 Å². The number of H-pyrrole nitrogens is 1. The van der Waals surface area contributed by atoms with Crippen molar-refractivity contribution in [3.63, 3.8) is 0 Å². The number of nitrogens with zero attached hydrogens (tertiary/aromatic N) is 2. The first kappa shape index (κ1) is 21.8. The second kappa shape index (κ2) is 8.89. The summed E-state index contributed by atoms with van der Waals surface area (Å²) in [5.41, 5.74) is 3.11. The van der Waals surface area contributed by atoms with Gasteiger partial charge in [0, 0.05) is 32.2 Å². The van der Waals surface area contributed by atoms with Gasteiger partial charge in [-0.05, 0) is 12.1 Å². The quantitative estimate of drug-likeness (QED) is 0.251. The van der Waals surface area contributed by atoms with Crippen molar-refractivity contribution in [2.24, 2.45) is 4.74 Å². The van der Waals surface area contributed by atoms with E-state index in [0.717, 1.165) is 38.5 Å². The number of pyridine rings is 1. The van der Waals surface area contributed by atoms with Crippen molar-refractivity contribution in [3.05, 3.63) is 140 Å². The highest BCUT2D eigenvalue weighted by molar-refractivity contribution is 7.87. The normalized spacial score (nSPS) is 11.8. The van der Waals surface area contributed by atoms with Gasteiger partial charge in [-0.3, -0.25) is 0 Å². The number of fused-ring (bicyclic) bond motifs is 5. The largest absolute Gasteiger partial charge is 0.354 e. The molecule has 4 heteroatoms. The molecule has 0 saturated heterocycles. The Labute approximate surface area is 215 Å². The van der Waals surface area contributed by atoms with E-state index in [0.29, 0.717) is 0 Å². The Morgan fingerprint density at radius 1 is 0.514 bits per heavy atom. The topological polar surface area (TPSA) is 41.0 Å². The average Bonchev–Trinajstić information content (AvgIpc) is 3.38. The van der Waals surface area contributed by atoms with Crippen LogP contribution in [0.4, 0.5) is 5.82 Å². The van der Waals surface area contributed by atoms with E-state index in [1.54, 1.807) is 0 Å². The maximum atomic E-state index is 5.78. The highest BCUT2D eigenvalue weighted by atomic mass is 31.2. The van der Waals surface area contributed by atoms with Crippen molar-refractivity contribution in [3.8, 4) is 0 Å². The van der Waals surface area contributed by atoms with Gasteiger partial charge in [0.1, 0.15) is 0 Å². The Balaban J connectivity index is 1.72. The number of hydrogen-bond acceptors (Lipinski definition) is 2. The van der Waals surface area contributed by atoms with Crippen LogP contribution in [0.3, 0.4) is 0 Å². The second-order valence-electron chi connectivity index (χ2n) is 9.12. The maximum Gasteiger partial charge on any atom is 0.162 e. The van der Waals surface area contributed by atoms with Gasteiger partial charge in [-0.25, -0.2) is 9.73 Å². The molecule has 0 unspecified atom stereocenters. The van der Waals surface area contributed by atoms with Crippen LogP contribution >= 0.6 is 7.05 Å². The molecule has 1 N–H and O–H groups in total. The molecule has 7 rings (SSSR count). The molecule has 3 nitrogen and oxygen atoms in total. The predicted octanol–water partition coefficient (Wildman–Crippen LogP) is 7.68. The third-order valence-electron chi connectivity index (χ3n) is 6.96. The molecule has 0 saturated carbocycles. The number of hydrogen-bond donors (Lipinski definition) is 1. The molecule has 2 heterocycles. The fourth-order valence-corrected chi connectivity index (χ4v) is 8.78. The number of nitrogens with one attached hydrogen (secondary N) is 1. The fourth-order valence-electron chi connectivity index (χ4n) is 5.29. The zero-order valence-corrected chi connectivity index (χ0v) is 21.0. The standard InChI is InChI=1S/C33H24N3P/c1-4-14-24(15-5-1)37(25-16-6-2-7-17-25,26-18-8-3-9-19-26)36-33-31-27-20-10-12-22-29(27)34-32(31)28-21-11-13-23-30(28)35-33/h1-23,34H.